The average Bonchev–Trinajstić information content (AvgIpc) is 3.07. The summed E-state index contributed by atoms with van der Waals surface area (Å²) in [5.41, 5.74) is 0.928. The maximum atomic E-state index is 4.93. The summed E-state index contributed by atoms with van der Waals surface area (Å²) in [5.74, 6) is 0.935. The molecule has 0 radical (unpaired) electrons. The topological polar surface area (TPSA) is 52.8 Å². The number of rotatable bonds is 3. The molecule has 5 nitrogen and oxygen atoms in total. The lowest BCUT2D eigenvalue weighted by molar-refractivity contribution is 0.380. The van der Waals surface area contributed by atoms with Gasteiger partial charge in [-0.1, -0.05) is 0 Å². The molecular weight excluding hydrogens is 204 g/mol. The van der Waals surface area contributed by atoms with Gasteiger partial charge in [-0.25, -0.2) is 15.0 Å². The van der Waals surface area contributed by atoms with Crippen LogP contribution in [0.5, 0.6) is 6.01 Å². The van der Waals surface area contributed by atoms with Crippen molar-refractivity contribution < 1.29 is 4.74 Å². The molecule has 16 heavy (non-hydrogen) atoms. The van der Waals surface area contributed by atoms with Crippen LogP contribution < -0.4 is 4.74 Å². The Bertz CT molecular complexity index is 487. The van der Waals surface area contributed by atoms with Gasteiger partial charge in [0.25, 0.3) is 0 Å². The van der Waals surface area contributed by atoms with E-state index >= 15 is 0 Å². The molecule has 0 unspecified atom stereocenters. The third kappa shape index (κ3) is 1.54. The highest BCUT2D eigenvalue weighted by atomic mass is 16.5. The van der Waals surface area contributed by atoms with Gasteiger partial charge >= 0.3 is 6.01 Å². The van der Waals surface area contributed by atoms with E-state index in [1.54, 1.807) is 19.5 Å². The van der Waals surface area contributed by atoms with Crippen LogP contribution in [0, 0.1) is 0 Å². The highest BCUT2D eigenvalue weighted by molar-refractivity contribution is 5.53. The van der Waals surface area contributed by atoms with Gasteiger partial charge in [0, 0.05) is 30.8 Å². The molecule has 0 saturated heterocycles. The average molecular weight is 216 g/mol. The summed E-state index contributed by atoms with van der Waals surface area (Å²) >= 11 is 0. The number of nitrogens with zero attached hydrogens (tertiary/aromatic N) is 4. The molecule has 0 aliphatic heterocycles. The van der Waals surface area contributed by atoms with Crippen LogP contribution in [0.1, 0.15) is 18.9 Å². The van der Waals surface area contributed by atoms with Crippen molar-refractivity contribution in [3.63, 3.8) is 0 Å². The number of ether oxygens (including phenoxy) is 1. The van der Waals surface area contributed by atoms with Crippen LogP contribution in [0.4, 0.5) is 0 Å². The quantitative estimate of drug-likeness (QED) is 0.783. The van der Waals surface area contributed by atoms with Crippen molar-refractivity contribution in [2.24, 2.45) is 0 Å². The Hall–Kier alpha value is -1.91. The maximum absolute atomic E-state index is 4.93. The van der Waals surface area contributed by atoms with Crippen LogP contribution in [0.25, 0.3) is 11.4 Å². The van der Waals surface area contributed by atoms with E-state index in [0.717, 1.165) is 11.4 Å². The predicted octanol–water partition coefficient (Wildman–Crippen LogP) is 1.68. The molecule has 0 bridgehead atoms. The van der Waals surface area contributed by atoms with E-state index < -0.39 is 0 Å². The molecule has 2 aromatic rings. The second kappa shape index (κ2) is 3.59. The highest BCUT2D eigenvalue weighted by Crippen LogP contribution is 2.37. The van der Waals surface area contributed by atoms with Gasteiger partial charge in [0.2, 0.25) is 0 Å². The minimum Gasteiger partial charge on any atom is -0.467 e. The molecule has 1 fully saturated rings. The van der Waals surface area contributed by atoms with Gasteiger partial charge in [0.05, 0.1) is 12.7 Å². The Balaban J connectivity index is 1.97. The zero-order chi connectivity index (χ0) is 11.0. The molecule has 0 atom stereocenters. The molecule has 0 amide bonds. The molecule has 2 heterocycles. The molecule has 3 rings (SSSR count). The summed E-state index contributed by atoms with van der Waals surface area (Å²) < 4.78 is 7.11. The predicted molar refractivity (Wildman–Crippen MR) is 58.1 cm³/mol. The van der Waals surface area contributed by atoms with Gasteiger partial charge in [-0.05, 0) is 12.8 Å². The van der Waals surface area contributed by atoms with Crippen molar-refractivity contribution in [3.8, 4) is 17.4 Å². The van der Waals surface area contributed by atoms with Gasteiger partial charge in [-0.3, -0.25) is 0 Å². The standard InChI is InChI=1S/C11H12N4O/c1-16-11-13-6-8(7-14-11)10-12-4-5-15(10)9-2-3-9/h4-7,9H,2-3H2,1H3. The smallest absolute Gasteiger partial charge is 0.316 e. The lowest BCUT2D eigenvalue weighted by Gasteiger charge is -2.05. The van der Waals surface area contributed by atoms with E-state index in [0.29, 0.717) is 12.1 Å². The van der Waals surface area contributed by atoms with Crippen molar-refractivity contribution in [2.45, 2.75) is 18.9 Å². The van der Waals surface area contributed by atoms with Gasteiger partial charge in [-0.2, -0.15) is 0 Å². The van der Waals surface area contributed by atoms with E-state index in [4.69, 9.17) is 4.74 Å². The Morgan fingerprint density at radius 3 is 2.62 bits per heavy atom. The lowest BCUT2D eigenvalue weighted by Crippen LogP contribution is -1.98. The summed E-state index contributed by atoms with van der Waals surface area (Å²) in [5, 5.41) is 0. The van der Waals surface area contributed by atoms with E-state index in [2.05, 4.69) is 19.5 Å². The first-order valence-corrected chi connectivity index (χ1v) is 5.27. The third-order valence-electron chi connectivity index (χ3n) is 2.68. The third-order valence-corrected chi connectivity index (χ3v) is 2.68. The van der Waals surface area contributed by atoms with Crippen molar-refractivity contribution in [1.82, 2.24) is 19.5 Å². The van der Waals surface area contributed by atoms with E-state index in [9.17, 15) is 0 Å². The second-order valence-corrected chi connectivity index (χ2v) is 3.85. The minimum absolute atomic E-state index is 0.383. The van der Waals surface area contributed by atoms with Gasteiger partial charge < -0.3 is 9.30 Å². The number of aromatic nitrogens is 4. The largest absolute Gasteiger partial charge is 0.467 e. The fourth-order valence-electron chi connectivity index (χ4n) is 1.72. The summed E-state index contributed by atoms with van der Waals surface area (Å²) in [6.45, 7) is 0. The minimum atomic E-state index is 0.383. The zero-order valence-corrected chi connectivity index (χ0v) is 9.00. The fourth-order valence-corrected chi connectivity index (χ4v) is 1.72. The van der Waals surface area contributed by atoms with Crippen molar-refractivity contribution in [3.05, 3.63) is 24.8 Å². The van der Waals surface area contributed by atoms with Crippen LogP contribution in [-0.2, 0) is 0 Å². The summed E-state index contributed by atoms with van der Waals surface area (Å²) in [6.07, 6.45) is 9.79. The van der Waals surface area contributed by atoms with Gasteiger partial charge in [-0.15, -0.1) is 0 Å². The molecule has 1 saturated carbocycles. The Morgan fingerprint density at radius 2 is 2.00 bits per heavy atom. The van der Waals surface area contributed by atoms with E-state index in [1.165, 1.54) is 12.8 Å². The lowest BCUT2D eigenvalue weighted by atomic mass is 10.3. The first kappa shape index (κ1) is 9.33. The van der Waals surface area contributed by atoms with Gasteiger partial charge in [0.15, 0.2) is 0 Å². The highest BCUT2D eigenvalue weighted by Gasteiger charge is 2.25. The molecule has 0 spiro atoms. The summed E-state index contributed by atoms with van der Waals surface area (Å²) in [7, 11) is 1.56. The van der Waals surface area contributed by atoms with Crippen molar-refractivity contribution in [2.75, 3.05) is 7.11 Å². The Morgan fingerprint density at radius 1 is 1.25 bits per heavy atom. The molecule has 1 aliphatic rings. The van der Waals surface area contributed by atoms with E-state index in [-0.39, 0.29) is 0 Å². The van der Waals surface area contributed by atoms with Crippen LogP contribution >= 0.6 is 0 Å². The van der Waals surface area contributed by atoms with Crippen LogP contribution in [-0.4, -0.2) is 26.6 Å². The first-order valence-electron chi connectivity index (χ1n) is 5.27. The molecule has 0 aromatic carbocycles. The monoisotopic (exact) mass is 216 g/mol. The van der Waals surface area contributed by atoms with E-state index in [1.807, 2.05) is 12.4 Å². The molecule has 1 aliphatic carbocycles. The number of methoxy groups -OCH3 is 1. The normalized spacial score (nSPS) is 15.1. The van der Waals surface area contributed by atoms with Crippen molar-refractivity contribution >= 4 is 0 Å². The number of hydrogen-bond acceptors (Lipinski definition) is 4. The Labute approximate surface area is 93.1 Å². The fraction of sp³-hybridized carbons (Fsp3) is 0.364. The molecular formula is C11H12N4O. The van der Waals surface area contributed by atoms with Crippen molar-refractivity contribution in [1.29, 1.82) is 0 Å². The molecule has 5 heteroatoms. The number of hydrogen-bond donors (Lipinski definition) is 0. The second-order valence-electron chi connectivity index (χ2n) is 3.85. The van der Waals surface area contributed by atoms with Crippen LogP contribution in [0.2, 0.25) is 0 Å². The number of imidazole rings is 1. The van der Waals surface area contributed by atoms with Gasteiger partial charge in [0.1, 0.15) is 5.82 Å². The molecule has 82 valence electrons. The SMILES string of the molecule is COc1ncc(-c2nccn2C2CC2)cn1. The first-order chi connectivity index (χ1) is 7.88. The Kier molecular flexibility index (Phi) is 2.09. The molecule has 2 aromatic heterocycles. The van der Waals surface area contributed by atoms with Crippen LogP contribution in [0.15, 0.2) is 24.8 Å². The summed E-state index contributed by atoms with van der Waals surface area (Å²) in [4.78, 5) is 12.5. The summed E-state index contributed by atoms with van der Waals surface area (Å²) in [6, 6.07) is 0.993. The maximum Gasteiger partial charge on any atom is 0.316 e. The zero-order valence-electron chi connectivity index (χ0n) is 9.00. The molecule has 0 N–H and O–H groups in total. The van der Waals surface area contributed by atoms with Crippen LogP contribution in [0.3, 0.4) is 0 Å².